The third-order valence-electron chi connectivity index (χ3n) is 3.04. The van der Waals surface area contributed by atoms with Gasteiger partial charge in [0.05, 0.1) is 12.6 Å². The van der Waals surface area contributed by atoms with E-state index in [1.165, 1.54) is 0 Å². The standard InChI is InChI=1S/C16H15N3O/c1-20-14-9-12(17)8-13(10-14)18-16-7-6-11-4-2-3-5-15(11)19-16/h2-10H,17H2,1H3,(H,18,19). The molecule has 0 aliphatic rings. The lowest BCUT2D eigenvalue weighted by atomic mass is 10.2. The van der Waals surface area contributed by atoms with Gasteiger partial charge in [0.1, 0.15) is 11.6 Å². The van der Waals surface area contributed by atoms with Gasteiger partial charge < -0.3 is 15.8 Å². The minimum Gasteiger partial charge on any atom is -0.497 e. The summed E-state index contributed by atoms with van der Waals surface area (Å²) in [6.45, 7) is 0. The molecule has 3 rings (SSSR count). The number of nitrogens with zero attached hydrogens (tertiary/aromatic N) is 1. The number of hydrogen-bond donors (Lipinski definition) is 2. The molecule has 1 heterocycles. The topological polar surface area (TPSA) is 60.2 Å². The van der Waals surface area contributed by atoms with Crippen LogP contribution in [0.15, 0.2) is 54.6 Å². The molecule has 0 saturated heterocycles. The molecule has 0 spiro atoms. The van der Waals surface area contributed by atoms with Crippen LogP contribution in [0.3, 0.4) is 0 Å². The first kappa shape index (κ1) is 12.3. The van der Waals surface area contributed by atoms with Crippen LogP contribution < -0.4 is 15.8 Å². The highest BCUT2D eigenvalue weighted by Crippen LogP contribution is 2.25. The van der Waals surface area contributed by atoms with Crippen LogP contribution in [0.4, 0.5) is 17.2 Å². The summed E-state index contributed by atoms with van der Waals surface area (Å²) in [5, 5.41) is 4.35. The van der Waals surface area contributed by atoms with E-state index in [9.17, 15) is 0 Å². The summed E-state index contributed by atoms with van der Waals surface area (Å²) in [6, 6.07) is 17.5. The van der Waals surface area contributed by atoms with E-state index in [1.807, 2.05) is 48.5 Å². The normalized spacial score (nSPS) is 10.4. The minimum absolute atomic E-state index is 0.646. The largest absolute Gasteiger partial charge is 0.497 e. The Hall–Kier alpha value is -2.75. The SMILES string of the molecule is COc1cc(N)cc(Nc2ccc3ccccc3n2)c1. The van der Waals surface area contributed by atoms with Crippen molar-refractivity contribution in [3.8, 4) is 5.75 Å². The van der Waals surface area contributed by atoms with Gasteiger partial charge in [-0.15, -0.1) is 0 Å². The van der Waals surface area contributed by atoms with Crippen molar-refractivity contribution in [1.82, 2.24) is 4.98 Å². The molecule has 20 heavy (non-hydrogen) atoms. The Bertz CT molecular complexity index is 756. The number of hydrogen-bond acceptors (Lipinski definition) is 4. The molecule has 4 heteroatoms. The van der Waals surface area contributed by atoms with E-state index >= 15 is 0 Å². The smallest absolute Gasteiger partial charge is 0.131 e. The molecule has 0 amide bonds. The van der Waals surface area contributed by atoms with Crippen molar-refractivity contribution in [1.29, 1.82) is 0 Å². The van der Waals surface area contributed by atoms with Gasteiger partial charge in [-0.2, -0.15) is 0 Å². The molecule has 3 N–H and O–H groups in total. The fraction of sp³-hybridized carbons (Fsp3) is 0.0625. The lowest BCUT2D eigenvalue weighted by molar-refractivity contribution is 0.415. The van der Waals surface area contributed by atoms with Gasteiger partial charge in [0.25, 0.3) is 0 Å². The Kier molecular flexibility index (Phi) is 3.13. The summed E-state index contributed by atoms with van der Waals surface area (Å²) in [7, 11) is 1.62. The maximum absolute atomic E-state index is 5.84. The van der Waals surface area contributed by atoms with Crippen molar-refractivity contribution in [3.63, 3.8) is 0 Å². The van der Waals surface area contributed by atoms with Crippen LogP contribution in [-0.2, 0) is 0 Å². The van der Waals surface area contributed by atoms with Crippen LogP contribution in [0.25, 0.3) is 10.9 Å². The average Bonchev–Trinajstić information content (AvgIpc) is 2.46. The zero-order valence-electron chi connectivity index (χ0n) is 11.1. The second-order valence-electron chi connectivity index (χ2n) is 4.51. The molecule has 0 unspecified atom stereocenters. The van der Waals surface area contributed by atoms with Crippen molar-refractivity contribution in [2.75, 3.05) is 18.2 Å². The molecule has 4 nitrogen and oxygen atoms in total. The minimum atomic E-state index is 0.646. The average molecular weight is 265 g/mol. The van der Waals surface area contributed by atoms with E-state index in [4.69, 9.17) is 10.5 Å². The van der Waals surface area contributed by atoms with Crippen molar-refractivity contribution in [2.24, 2.45) is 0 Å². The zero-order chi connectivity index (χ0) is 13.9. The van der Waals surface area contributed by atoms with Crippen LogP contribution in [0.5, 0.6) is 5.75 Å². The Balaban J connectivity index is 1.94. The first-order valence-electron chi connectivity index (χ1n) is 6.32. The van der Waals surface area contributed by atoms with Gasteiger partial charge in [0.15, 0.2) is 0 Å². The van der Waals surface area contributed by atoms with Gasteiger partial charge in [-0.1, -0.05) is 18.2 Å². The number of nitrogens with one attached hydrogen (secondary N) is 1. The van der Waals surface area contributed by atoms with Crippen LogP contribution in [0.2, 0.25) is 0 Å². The number of benzene rings is 2. The first-order chi connectivity index (χ1) is 9.74. The van der Waals surface area contributed by atoms with E-state index in [2.05, 4.69) is 10.3 Å². The molecule has 0 fully saturated rings. The first-order valence-corrected chi connectivity index (χ1v) is 6.32. The Morgan fingerprint density at radius 2 is 1.90 bits per heavy atom. The Morgan fingerprint density at radius 3 is 2.75 bits per heavy atom. The molecule has 100 valence electrons. The van der Waals surface area contributed by atoms with E-state index in [0.29, 0.717) is 11.4 Å². The lowest BCUT2D eigenvalue weighted by Gasteiger charge is -2.09. The predicted molar refractivity (Wildman–Crippen MR) is 82.4 cm³/mol. The maximum atomic E-state index is 5.84. The molecule has 0 radical (unpaired) electrons. The number of nitrogen functional groups attached to an aromatic ring is 1. The number of para-hydroxylation sites is 1. The fourth-order valence-corrected chi connectivity index (χ4v) is 2.10. The number of ether oxygens (including phenoxy) is 1. The van der Waals surface area contributed by atoms with Crippen LogP contribution >= 0.6 is 0 Å². The third kappa shape index (κ3) is 2.49. The van der Waals surface area contributed by atoms with E-state index in [0.717, 1.165) is 22.4 Å². The van der Waals surface area contributed by atoms with Gasteiger partial charge in [-0.3, -0.25) is 0 Å². The zero-order valence-corrected chi connectivity index (χ0v) is 11.1. The number of rotatable bonds is 3. The molecule has 0 saturated carbocycles. The summed E-state index contributed by atoms with van der Waals surface area (Å²) in [5.41, 5.74) is 8.29. The highest BCUT2D eigenvalue weighted by Gasteiger charge is 2.02. The Labute approximate surface area is 117 Å². The number of anilines is 3. The Morgan fingerprint density at radius 1 is 1.05 bits per heavy atom. The van der Waals surface area contributed by atoms with Gasteiger partial charge in [-0.05, 0) is 24.3 Å². The van der Waals surface area contributed by atoms with Gasteiger partial charge in [0.2, 0.25) is 0 Å². The van der Waals surface area contributed by atoms with Crippen LogP contribution in [0, 0.1) is 0 Å². The monoisotopic (exact) mass is 265 g/mol. The fourth-order valence-electron chi connectivity index (χ4n) is 2.10. The molecule has 1 aromatic heterocycles. The van der Waals surface area contributed by atoms with Crippen molar-refractivity contribution >= 4 is 28.1 Å². The summed E-state index contributed by atoms with van der Waals surface area (Å²) in [4.78, 5) is 4.56. The number of fused-ring (bicyclic) bond motifs is 1. The molecule has 0 atom stereocenters. The van der Waals surface area contributed by atoms with E-state index in [-0.39, 0.29) is 0 Å². The highest BCUT2D eigenvalue weighted by atomic mass is 16.5. The van der Waals surface area contributed by atoms with Crippen molar-refractivity contribution in [2.45, 2.75) is 0 Å². The number of aromatic nitrogens is 1. The van der Waals surface area contributed by atoms with Gasteiger partial charge in [0, 0.05) is 28.9 Å². The highest BCUT2D eigenvalue weighted by molar-refractivity contribution is 5.81. The number of nitrogens with two attached hydrogens (primary N) is 1. The van der Waals surface area contributed by atoms with E-state index < -0.39 is 0 Å². The quantitative estimate of drug-likeness (QED) is 0.711. The maximum Gasteiger partial charge on any atom is 0.131 e. The third-order valence-corrected chi connectivity index (χ3v) is 3.04. The predicted octanol–water partition coefficient (Wildman–Crippen LogP) is 3.57. The number of methoxy groups -OCH3 is 1. The molecule has 0 aliphatic carbocycles. The second kappa shape index (κ2) is 5.09. The summed E-state index contributed by atoms with van der Waals surface area (Å²) in [5.74, 6) is 1.49. The summed E-state index contributed by atoms with van der Waals surface area (Å²) < 4.78 is 5.20. The number of pyridine rings is 1. The van der Waals surface area contributed by atoms with Crippen LogP contribution in [0.1, 0.15) is 0 Å². The van der Waals surface area contributed by atoms with E-state index in [1.54, 1.807) is 13.2 Å². The molecule has 0 bridgehead atoms. The lowest BCUT2D eigenvalue weighted by Crippen LogP contribution is -1.96. The molecular weight excluding hydrogens is 250 g/mol. The van der Waals surface area contributed by atoms with Gasteiger partial charge >= 0.3 is 0 Å². The molecule has 3 aromatic rings. The molecule has 0 aliphatic heterocycles. The summed E-state index contributed by atoms with van der Waals surface area (Å²) >= 11 is 0. The summed E-state index contributed by atoms with van der Waals surface area (Å²) in [6.07, 6.45) is 0. The van der Waals surface area contributed by atoms with Crippen molar-refractivity contribution < 1.29 is 4.74 Å². The molecular formula is C16H15N3O. The second-order valence-corrected chi connectivity index (χ2v) is 4.51. The van der Waals surface area contributed by atoms with Crippen molar-refractivity contribution in [3.05, 3.63) is 54.6 Å². The van der Waals surface area contributed by atoms with Gasteiger partial charge in [-0.25, -0.2) is 4.98 Å². The van der Waals surface area contributed by atoms with Crippen LogP contribution in [-0.4, -0.2) is 12.1 Å². The molecule has 2 aromatic carbocycles.